The van der Waals surface area contributed by atoms with Gasteiger partial charge < -0.3 is 5.32 Å². The average molecular weight is 252 g/mol. The first-order valence-corrected chi connectivity index (χ1v) is 8.30. The molecule has 2 aliphatic rings. The van der Waals surface area contributed by atoms with Gasteiger partial charge in [0.1, 0.15) is 0 Å². The van der Waals surface area contributed by atoms with Gasteiger partial charge in [-0.05, 0) is 31.6 Å². The summed E-state index contributed by atoms with van der Waals surface area (Å²) >= 11 is 0. The predicted molar refractivity (Wildman–Crippen MR) is 78.9 cm³/mol. The molecule has 2 rings (SSSR count). The lowest BCUT2D eigenvalue weighted by Crippen LogP contribution is -2.57. The Morgan fingerprint density at radius 2 is 1.72 bits per heavy atom. The summed E-state index contributed by atoms with van der Waals surface area (Å²) in [6.07, 6.45) is 11.5. The molecule has 1 heterocycles. The zero-order valence-electron chi connectivity index (χ0n) is 12.5. The molecule has 0 aromatic carbocycles. The van der Waals surface area contributed by atoms with Gasteiger partial charge in [-0.2, -0.15) is 0 Å². The van der Waals surface area contributed by atoms with Gasteiger partial charge in [-0.25, -0.2) is 0 Å². The van der Waals surface area contributed by atoms with E-state index in [2.05, 4.69) is 24.1 Å². The standard InChI is InChI=1S/C16H32N2/c1-3-15-13-18(16(4-2)11-17-15)12-14-9-7-5-6-8-10-14/h14-17H,3-13H2,1-2H3. The van der Waals surface area contributed by atoms with Crippen LogP contribution in [0.2, 0.25) is 0 Å². The number of piperazine rings is 1. The molecule has 0 amide bonds. The third kappa shape index (κ3) is 3.96. The van der Waals surface area contributed by atoms with Crippen molar-refractivity contribution in [3.63, 3.8) is 0 Å². The Morgan fingerprint density at radius 1 is 1.00 bits per heavy atom. The smallest absolute Gasteiger partial charge is 0.0218 e. The van der Waals surface area contributed by atoms with Gasteiger partial charge in [0, 0.05) is 31.7 Å². The fraction of sp³-hybridized carbons (Fsp3) is 1.00. The van der Waals surface area contributed by atoms with Crippen LogP contribution in [0.1, 0.15) is 65.2 Å². The molecule has 1 aliphatic carbocycles. The summed E-state index contributed by atoms with van der Waals surface area (Å²) in [7, 11) is 0. The predicted octanol–water partition coefficient (Wildman–Crippen LogP) is 3.42. The van der Waals surface area contributed by atoms with Crippen molar-refractivity contribution in [1.29, 1.82) is 0 Å². The van der Waals surface area contributed by atoms with E-state index in [9.17, 15) is 0 Å². The molecule has 2 nitrogen and oxygen atoms in total. The lowest BCUT2D eigenvalue weighted by Gasteiger charge is -2.41. The molecule has 18 heavy (non-hydrogen) atoms. The largest absolute Gasteiger partial charge is 0.311 e. The van der Waals surface area contributed by atoms with Gasteiger partial charge in [-0.1, -0.05) is 39.5 Å². The molecule has 2 fully saturated rings. The van der Waals surface area contributed by atoms with Gasteiger partial charge in [0.2, 0.25) is 0 Å². The molecule has 2 unspecified atom stereocenters. The molecule has 1 saturated carbocycles. The van der Waals surface area contributed by atoms with Gasteiger partial charge in [-0.15, -0.1) is 0 Å². The Bertz CT molecular complexity index is 221. The summed E-state index contributed by atoms with van der Waals surface area (Å²) in [6.45, 7) is 8.52. The maximum absolute atomic E-state index is 3.71. The van der Waals surface area contributed by atoms with E-state index in [-0.39, 0.29) is 0 Å². The second-order valence-electron chi connectivity index (χ2n) is 6.39. The van der Waals surface area contributed by atoms with Crippen LogP contribution in [-0.4, -0.2) is 36.6 Å². The molecule has 0 aromatic rings. The summed E-state index contributed by atoms with van der Waals surface area (Å²) < 4.78 is 0. The minimum absolute atomic E-state index is 0.735. The van der Waals surface area contributed by atoms with E-state index in [1.807, 2.05) is 0 Å². The van der Waals surface area contributed by atoms with Crippen LogP contribution in [-0.2, 0) is 0 Å². The molecule has 1 N–H and O–H groups in total. The minimum atomic E-state index is 0.735. The molecule has 0 radical (unpaired) electrons. The van der Waals surface area contributed by atoms with Crippen molar-refractivity contribution >= 4 is 0 Å². The third-order valence-electron chi connectivity index (χ3n) is 5.04. The lowest BCUT2D eigenvalue weighted by atomic mass is 9.96. The highest BCUT2D eigenvalue weighted by atomic mass is 15.2. The van der Waals surface area contributed by atoms with Gasteiger partial charge in [0.25, 0.3) is 0 Å². The maximum Gasteiger partial charge on any atom is 0.0218 e. The Morgan fingerprint density at radius 3 is 2.33 bits per heavy atom. The first-order valence-electron chi connectivity index (χ1n) is 8.30. The zero-order valence-corrected chi connectivity index (χ0v) is 12.5. The second-order valence-corrected chi connectivity index (χ2v) is 6.39. The SMILES string of the molecule is CCC1CN(CC2CCCCCC2)C(CC)CN1. The van der Waals surface area contributed by atoms with Crippen LogP contribution in [0.25, 0.3) is 0 Å². The van der Waals surface area contributed by atoms with Crippen molar-refractivity contribution in [2.24, 2.45) is 5.92 Å². The van der Waals surface area contributed by atoms with Crippen LogP contribution >= 0.6 is 0 Å². The van der Waals surface area contributed by atoms with Gasteiger partial charge in [0.15, 0.2) is 0 Å². The Hall–Kier alpha value is -0.0800. The van der Waals surface area contributed by atoms with Crippen LogP contribution in [0.15, 0.2) is 0 Å². The highest BCUT2D eigenvalue weighted by Gasteiger charge is 2.27. The molecule has 0 bridgehead atoms. The normalized spacial score (nSPS) is 32.3. The number of hydrogen-bond acceptors (Lipinski definition) is 2. The molecule has 2 heteroatoms. The molecule has 0 spiro atoms. The van der Waals surface area contributed by atoms with E-state index in [0.29, 0.717) is 0 Å². The molecule has 0 aromatic heterocycles. The number of rotatable bonds is 4. The topological polar surface area (TPSA) is 15.3 Å². The highest BCUT2D eigenvalue weighted by Crippen LogP contribution is 2.25. The molecule has 1 aliphatic heterocycles. The van der Waals surface area contributed by atoms with Gasteiger partial charge in [0.05, 0.1) is 0 Å². The van der Waals surface area contributed by atoms with Crippen LogP contribution in [0.5, 0.6) is 0 Å². The minimum Gasteiger partial charge on any atom is -0.311 e. The molecule has 2 atom stereocenters. The highest BCUT2D eigenvalue weighted by molar-refractivity contribution is 4.86. The molecule has 1 saturated heterocycles. The Balaban J connectivity index is 1.86. The number of nitrogens with zero attached hydrogens (tertiary/aromatic N) is 1. The van der Waals surface area contributed by atoms with Crippen LogP contribution < -0.4 is 5.32 Å². The first kappa shape index (κ1) is 14.3. The van der Waals surface area contributed by atoms with E-state index in [0.717, 1.165) is 18.0 Å². The van der Waals surface area contributed by atoms with Gasteiger partial charge >= 0.3 is 0 Å². The fourth-order valence-electron chi connectivity index (χ4n) is 3.71. The zero-order chi connectivity index (χ0) is 12.8. The molecule has 106 valence electrons. The fourth-order valence-corrected chi connectivity index (χ4v) is 3.71. The summed E-state index contributed by atoms with van der Waals surface area (Å²) in [6, 6.07) is 1.52. The van der Waals surface area contributed by atoms with E-state index in [1.165, 1.54) is 71.0 Å². The Labute approximate surface area is 114 Å². The monoisotopic (exact) mass is 252 g/mol. The number of nitrogens with one attached hydrogen (secondary N) is 1. The second kappa shape index (κ2) is 7.49. The van der Waals surface area contributed by atoms with Crippen LogP contribution in [0.3, 0.4) is 0 Å². The summed E-state index contributed by atoms with van der Waals surface area (Å²) in [5, 5.41) is 3.71. The van der Waals surface area contributed by atoms with E-state index < -0.39 is 0 Å². The van der Waals surface area contributed by atoms with Crippen molar-refractivity contribution in [2.75, 3.05) is 19.6 Å². The lowest BCUT2D eigenvalue weighted by molar-refractivity contribution is 0.101. The van der Waals surface area contributed by atoms with Crippen LogP contribution in [0, 0.1) is 5.92 Å². The van der Waals surface area contributed by atoms with E-state index in [1.54, 1.807) is 0 Å². The van der Waals surface area contributed by atoms with Crippen molar-refractivity contribution < 1.29 is 0 Å². The summed E-state index contributed by atoms with van der Waals surface area (Å²) in [5.41, 5.74) is 0. The van der Waals surface area contributed by atoms with E-state index >= 15 is 0 Å². The summed E-state index contributed by atoms with van der Waals surface area (Å²) in [5.74, 6) is 0.983. The van der Waals surface area contributed by atoms with Crippen molar-refractivity contribution in [3.8, 4) is 0 Å². The van der Waals surface area contributed by atoms with Crippen molar-refractivity contribution in [1.82, 2.24) is 10.2 Å². The maximum atomic E-state index is 3.71. The molecular formula is C16H32N2. The quantitative estimate of drug-likeness (QED) is 0.771. The Kier molecular flexibility index (Phi) is 5.97. The average Bonchev–Trinajstić information content (AvgIpc) is 2.67. The van der Waals surface area contributed by atoms with E-state index in [4.69, 9.17) is 0 Å². The van der Waals surface area contributed by atoms with Crippen molar-refractivity contribution in [3.05, 3.63) is 0 Å². The number of hydrogen-bond donors (Lipinski definition) is 1. The first-order chi connectivity index (χ1) is 8.83. The third-order valence-corrected chi connectivity index (χ3v) is 5.04. The summed E-state index contributed by atoms with van der Waals surface area (Å²) in [4.78, 5) is 2.81. The molecular weight excluding hydrogens is 220 g/mol. The van der Waals surface area contributed by atoms with Crippen molar-refractivity contribution in [2.45, 2.75) is 77.3 Å². The van der Waals surface area contributed by atoms with Crippen LogP contribution in [0.4, 0.5) is 0 Å². The van der Waals surface area contributed by atoms with Gasteiger partial charge in [-0.3, -0.25) is 4.90 Å².